The molecule has 1 saturated carbocycles. The number of carbonyl (C=O) groups excluding carboxylic acids is 1. The van der Waals surface area contributed by atoms with Gasteiger partial charge in [-0.3, -0.25) is 14.7 Å². The number of nitrogens with zero attached hydrogens (tertiary/aromatic N) is 2. The summed E-state index contributed by atoms with van der Waals surface area (Å²) < 4.78 is 13.3. The van der Waals surface area contributed by atoms with Crippen LogP contribution in [0.5, 0.6) is 0 Å². The van der Waals surface area contributed by atoms with E-state index in [-0.39, 0.29) is 11.6 Å². The van der Waals surface area contributed by atoms with Crippen molar-refractivity contribution in [3.63, 3.8) is 0 Å². The quantitative estimate of drug-likeness (QED) is 0.393. The van der Waals surface area contributed by atoms with Crippen molar-refractivity contribution in [3.8, 4) is 11.3 Å². The molecule has 0 bridgehead atoms. The summed E-state index contributed by atoms with van der Waals surface area (Å²) in [5, 5.41) is 3.56. The number of nitrogens with one attached hydrogen (secondary N) is 1. The Kier molecular flexibility index (Phi) is 8.09. The van der Waals surface area contributed by atoms with Gasteiger partial charge in [0.2, 0.25) is 0 Å². The molecular formula is C30H34FN3O. The Bertz CT molecular complexity index is 1200. The van der Waals surface area contributed by atoms with Crippen molar-refractivity contribution in [2.75, 3.05) is 18.4 Å². The summed E-state index contributed by atoms with van der Waals surface area (Å²) >= 11 is 0. The number of rotatable bonds is 6. The number of aryl methyl sites for hydroxylation is 1. The van der Waals surface area contributed by atoms with Crippen LogP contribution < -0.4 is 5.32 Å². The van der Waals surface area contributed by atoms with E-state index in [1.165, 1.54) is 48.2 Å². The van der Waals surface area contributed by atoms with Gasteiger partial charge in [-0.1, -0.05) is 37.3 Å². The number of hydrogen-bond acceptors (Lipinski definition) is 4. The maximum absolute atomic E-state index is 13.3. The minimum atomic E-state index is -0.337. The molecule has 2 aliphatic rings. The molecule has 2 aromatic carbocycles. The number of aromatic nitrogens is 1. The zero-order valence-corrected chi connectivity index (χ0v) is 20.7. The highest BCUT2D eigenvalue weighted by Gasteiger charge is 2.20. The maximum Gasteiger partial charge on any atom is 0.146 e. The average Bonchev–Trinajstić information content (AvgIpc) is 2.85. The lowest BCUT2D eigenvalue weighted by atomic mass is 9.95. The van der Waals surface area contributed by atoms with Gasteiger partial charge in [0.15, 0.2) is 0 Å². The van der Waals surface area contributed by atoms with Crippen molar-refractivity contribution in [2.45, 2.75) is 52.5 Å². The number of allylic oxidation sites excluding steroid dienone is 1. The van der Waals surface area contributed by atoms with Crippen LogP contribution in [0.1, 0.15) is 49.3 Å². The van der Waals surface area contributed by atoms with Crippen LogP contribution in [0.3, 0.4) is 0 Å². The fourth-order valence-electron chi connectivity index (χ4n) is 4.37. The van der Waals surface area contributed by atoms with Crippen molar-refractivity contribution in [1.29, 1.82) is 0 Å². The molecule has 0 spiro atoms. The summed E-state index contributed by atoms with van der Waals surface area (Å²) in [5.41, 5.74) is 8.89. The normalized spacial score (nSPS) is 14.9. The van der Waals surface area contributed by atoms with Crippen LogP contribution in [0.2, 0.25) is 0 Å². The maximum atomic E-state index is 13.3. The van der Waals surface area contributed by atoms with Gasteiger partial charge in [0.1, 0.15) is 11.6 Å². The highest BCUT2D eigenvalue weighted by Crippen LogP contribution is 2.31. The SMILES string of the molecule is C=C1CCC1.CCC(=O)CN1CCc2c(cccc2Nc2ccc(C)c(-c3ccc(F)cn3)c2)C1. The van der Waals surface area contributed by atoms with Crippen LogP contribution in [0.4, 0.5) is 15.8 Å². The summed E-state index contributed by atoms with van der Waals surface area (Å²) in [6.45, 7) is 9.92. The van der Waals surface area contributed by atoms with Gasteiger partial charge in [-0.25, -0.2) is 4.39 Å². The number of carbonyl (C=O) groups is 1. The van der Waals surface area contributed by atoms with Gasteiger partial charge >= 0.3 is 0 Å². The zero-order chi connectivity index (χ0) is 24.8. The molecule has 0 saturated heterocycles. The molecule has 0 atom stereocenters. The Morgan fingerprint density at radius 1 is 1.14 bits per heavy atom. The summed E-state index contributed by atoms with van der Waals surface area (Å²) in [5.74, 6) is -0.0504. The van der Waals surface area contributed by atoms with Crippen LogP contribution >= 0.6 is 0 Å². The molecule has 5 heteroatoms. The van der Waals surface area contributed by atoms with Crippen LogP contribution in [0.15, 0.2) is 66.9 Å². The molecule has 4 nitrogen and oxygen atoms in total. The summed E-state index contributed by atoms with van der Waals surface area (Å²) in [6.07, 6.45) is 6.72. The lowest BCUT2D eigenvalue weighted by molar-refractivity contribution is -0.120. The van der Waals surface area contributed by atoms with E-state index in [2.05, 4.69) is 58.2 Å². The number of Topliss-reactive ketones (excluding diaryl/α,β-unsaturated/α-hetero) is 1. The van der Waals surface area contributed by atoms with Crippen LogP contribution in [0.25, 0.3) is 11.3 Å². The lowest BCUT2D eigenvalue weighted by Crippen LogP contribution is -2.34. The fraction of sp³-hybridized carbons (Fsp3) is 0.333. The molecule has 1 aromatic heterocycles. The largest absolute Gasteiger partial charge is 0.355 e. The molecule has 35 heavy (non-hydrogen) atoms. The lowest BCUT2D eigenvalue weighted by Gasteiger charge is -2.29. The standard InChI is InChI=1S/C25H26FN3O.C5H8/c1-3-21(30)16-29-12-11-22-18(15-29)5-4-6-25(22)28-20-9-7-17(2)23(13-20)24-10-8-19(26)14-27-24;1-5-3-2-4-5/h4-10,13-14,28H,3,11-12,15-16H2,1-2H3;1-4H2. The Morgan fingerprint density at radius 2 is 1.94 bits per heavy atom. The molecule has 1 N–H and O–H groups in total. The van der Waals surface area contributed by atoms with Crippen molar-refractivity contribution in [3.05, 3.63) is 89.4 Å². The number of hydrogen-bond donors (Lipinski definition) is 1. The third-order valence-electron chi connectivity index (χ3n) is 6.72. The molecule has 2 heterocycles. The minimum Gasteiger partial charge on any atom is -0.355 e. The second-order valence-electron chi connectivity index (χ2n) is 9.42. The number of ketones is 1. The molecular weight excluding hydrogens is 437 g/mol. The minimum absolute atomic E-state index is 0.286. The third-order valence-corrected chi connectivity index (χ3v) is 6.72. The highest BCUT2D eigenvalue weighted by molar-refractivity contribution is 5.80. The van der Waals surface area contributed by atoms with E-state index >= 15 is 0 Å². The summed E-state index contributed by atoms with van der Waals surface area (Å²) in [4.78, 5) is 18.3. The molecule has 1 fully saturated rings. The van der Waals surface area contributed by atoms with Crippen molar-refractivity contribution in [2.24, 2.45) is 0 Å². The first-order valence-electron chi connectivity index (χ1n) is 12.4. The Morgan fingerprint density at radius 3 is 2.60 bits per heavy atom. The van der Waals surface area contributed by atoms with Gasteiger partial charge < -0.3 is 5.32 Å². The van der Waals surface area contributed by atoms with Crippen molar-refractivity contribution < 1.29 is 9.18 Å². The molecule has 1 aliphatic heterocycles. The van der Waals surface area contributed by atoms with Crippen molar-refractivity contribution >= 4 is 17.2 Å². The third kappa shape index (κ3) is 6.43. The first kappa shape index (κ1) is 24.8. The van der Waals surface area contributed by atoms with Crippen molar-refractivity contribution in [1.82, 2.24) is 9.88 Å². The first-order valence-corrected chi connectivity index (χ1v) is 12.4. The zero-order valence-electron chi connectivity index (χ0n) is 20.7. The van der Waals surface area contributed by atoms with Crippen LogP contribution in [-0.2, 0) is 17.8 Å². The molecule has 182 valence electrons. The predicted molar refractivity (Wildman–Crippen MR) is 141 cm³/mol. The molecule has 0 amide bonds. The van der Waals surface area contributed by atoms with Gasteiger partial charge in [-0.05, 0) is 79.6 Å². The topological polar surface area (TPSA) is 45.2 Å². The van der Waals surface area contributed by atoms with Gasteiger partial charge in [0.25, 0.3) is 0 Å². The average molecular weight is 472 g/mol. The molecule has 0 radical (unpaired) electrons. The first-order chi connectivity index (χ1) is 16.9. The summed E-state index contributed by atoms with van der Waals surface area (Å²) in [7, 11) is 0. The Balaban J connectivity index is 0.000000514. The fourth-order valence-corrected chi connectivity index (χ4v) is 4.37. The van der Waals surface area contributed by atoms with E-state index in [9.17, 15) is 9.18 Å². The van der Waals surface area contributed by atoms with Crippen LogP contribution in [0, 0.1) is 12.7 Å². The monoisotopic (exact) mass is 471 g/mol. The van der Waals surface area contributed by atoms with E-state index in [1.54, 1.807) is 6.07 Å². The molecule has 1 aliphatic carbocycles. The number of benzene rings is 2. The number of fused-ring (bicyclic) bond motifs is 1. The van der Waals surface area contributed by atoms with E-state index in [1.807, 2.05) is 13.8 Å². The molecule has 0 unspecified atom stereocenters. The molecule has 3 aromatic rings. The van der Waals surface area contributed by atoms with Gasteiger partial charge in [0.05, 0.1) is 18.4 Å². The number of pyridine rings is 1. The van der Waals surface area contributed by atoms with Gasteiger partial charge in [0, 0.05) is 36.4 Å². The Hall–Kier alpha value is -3.31. The van der Waals surface area contributed by atoms with E-state index in [0.29, 0.717) is 13.0 Å². The van der Waals surface area contributed by atoms with E-state index in [4.69, 9.17) is 0 Å². The smallest absolute Gasteiger partial charge is 0.146 e. The Labute approximate surface area is 207 Å². The van der Waals surface area contributed by atoms with Gasteiger partial charge in [-0.15, -0.1) is 0 Å². The predicted octanol–water partition coefficient (Wildman–Crippen LogP) is 7.00. The summed E-state index contributed by atoms with van der Waals surface area (Å²) in [6, 6.07) is 15.6. The molecule has 5 rings (SSSR count). The number of anilines is 2. The number of halogens is 1. The van der Waals surface area contributed by atoms with Gasteiger partial charge in [-0.2, -0.15) is 0 Å². The van der Waals surface area contributed by atoms with E-state index < -0.39 is 0 Å². The van der Waals surface area contributed by atoms with Crippen LogP contribution in [-0.4, -0.2) is 28.8 Å². The highest BCUT2D eigenvalue weighted by atomic mass is 19.1. The van der Waals surface area contributed by atoms with E-state index in [0.717, 1.165) is 47.7 Å². The second kappa shape index (κ2) is 11.4. The second-order valence-corrected chi connectivity index (χ2v) is 9.42.